The van der Waals surface area contributed by atoms with Crippen LogP contribution in [0.2, 0.25) is 0 Å². The van der Waals surface area contributed by atoms with E-state index in [0.29, 0.717) is 0 Å². The second-order valence-electron chi connectivity index (χ2n) is 5.89. The minimum Gasteiger partial charge on any atom is -0.443 e. The van der Waals surface area contributed by atoms with Crippen molar-refractivity contribution in [1.82, 2.24) is 4.98 Å². The predicted molar refractivity (Wildman–Crippen MR) is 82.3 cm³/mol. The van der Waals surface area contributed by atoms with Crippen LogP contribution in [0.5, 0.6) is 0 Å². The topological polar surface area (TPSA) is 45.3 Å². The number of aryl methyl sites for hydroxylation is 1. The Kier molecular flexibility index (Phi) is 3.75. The van der Waals surface area contributed by atoms with Gasteiger partial charge >= 0.3 is 6.09 Å². The van der Waals surface area contributed by atoms with Crippen molar-refractivity contribution in [3.05, 3.63) is 29.8 Å². The van der Waals surface area contributed by atoms with Crippen LogP contribution in [0.1, 0.15) is 33.3 Å². The lowest BCUT2D eigenvalue weighted by molar-refractivity contribution is 0.0588. The number of fused-ring (bicyclic) bond motifs is 1. The van der Waals surface area contributed by atoms with E-state index in [2.05, 4.69) is 18.0 Å². The predicted octanol–water partition coefficient (Wildman–Crippen LogP) is 4.10. The summed E-state index contributed by atoms with van der Waals surface area (Å²) in [6.07, 6.45) is 0.505. The van der Waals surface area contributed by atoms with Crippen LogP contribution in [0.15, 0.2) is 24.3 Å². The van der Waals surface area contributed by atoms with Gasteiger partial charge in [-0.15, -0.1) is 0 Å². The SMILES string of the molecule is CCc1c(N(C)C(=O)OC(C)(C)C)[nH]c2ccccc12. The molecule has 0 fully saturated rings. The number of benzene rings is 1. The van der Waals surface area contributed by atoms with Gasteiger partial charge in [0.25, 0.3) is 0 Å². The molecular weight excluding hydrogens is 252 g/mol. The maximum absolute atomic E-state index is 12.2. The molecule has 0 atom stereocenters. The molecule has 0 bridgehead atoms. The Bertz CT molecular complexity index is 623. The lowest BCUT2D eigenvalue weighted by Crippen LogP contribution is -2.34. The summed E-state index contributed by atoms with van der Waals surface area (Å²) in [6, 6.07) is 8.07. The fraction of sp³-hybridized carbons (Fsp3) is 0.438. The number of hydrogen-bond donors (Lipinski definition) is 1. The second-order valence-corrected chi connectivity index (χ2v) is 5.89. The van der Waals surface area contributed by atoms with Gasteiger partial charge in [0.2, 0.25) is 0 Å². The van der Waals surface area contributed by atoms with E-state index in [-0.39, 0.29) is 6.09 Å². The molecule has 2 rings (SSSR count). The van der Waals surface area contributed by atoms with Crippen LogP contribution in [0, 0.1) is 0 Å². The summed E-state index contributed by atoms with van der Waals surface area (Å²) in [5.41, 5.74) is 1.67. The zero-order valence-corrected chi connectivity index (χ0v) is 12.8. The number of nitrogens with one attached hydrogen (secondary N) is 1. The van der Waals surface area contributed by atoms with Gasteiger partial charge in [0, 0.05) is 23.5 Å². The Balaban J connectivity index is 2.39. The fourth-order valence-electron chi connectivity index (χ4n) is 2.25. The molecule has 0 aliphatic carbocycles. The third-order valence-corrected chi connectivity index (χ3v) is 3.15. The highest BCUT2D eigenvalue weighted by atomic mass is 16.6. The zero-order valence-electron chi connectivity index (χ0n) is 12.8. The molecule has 0 unspecified atom stereocenters. The normalized spacial score (nSPS) is 11.7. The molecule has 108 valence electrons. The van der Waals surface area contributed by atoms with E-state index in [1.807, 2.05) is 39.0 Å². The highest BCUT2D eigenvalue weighted by molar-refractivity contribution is 5.95. The highest BCUT2D eigenvalue weighted by Gasteiger charge is 2.23. The summed E-state index contributed by atoms with van der Waals surface area (Å²) >= 11 is 0. The van der Waals surface area contributed by atoms with E-state index >= 15 is 0 Å². The number of H-pyrrole nitrogens is 1. The molecule has 0 aliphatic rings. The van der Waals surface area contributed by atoms with E-state index in [9.17, 15) is 4.79 Å². The number of aromatic amines is 1. The summed E-state index contributed by atoms with van der Waals surface area (Å²) in [7, 11) is 1.73. The van der Waals surface area contributed by atoms with Crippen molar-refractivity contribution in [3.63, 3.8) is 0 Å². The highest BCUT2D eigenvalue weighted by Crippen LogP contribution is 2.29. The minimum atomic E-state index is -0.496. The number of nitrogens with zero attached hydrogens (tertiary/aromatic N) is 1. The molecular formula is C16H22N2O2. The van der Waals surface area contributed by atoms with Crippen LogP contribution < -0.4 is 4.90 Å². The number of hydrogen-bond acceptors (Lipinski definition) is 2. The average molecular weight is 274 g/mol. The zero-order chi connectivity index (χ0) is 14.9. The first-order valence-electron chi connectivity index (χ1n) is 6.89. The van der Waals surface area contributed by atoms with Gasteiger partial charge in [-0.3, -0.25) is 4.90 Å². The van der Waals surface area contributed by atoms with Crippen LogP contribution in [0.25, 0.3) is 10.9 Å². The van der Waals surface area contributed by atoms with Crippen molar-refractivity contribution in [3.8, 4) is 0 Å². The Morgan fingerprint density at radius 2 is 1.95 bits per heavy atom. The van der Waals surface area contributed by atoms with Gasteiger partial charge in [0.15, 0.2) is 0 Å². The van der Waals surface area contributed by atoms with Crippen LogP contribution in [-0.2, 0) is 11.2 Å². The molecule has 1 aromatic heterocycles. The first kappa shape index (κ1) is 14.4. The van der Waals surface area contributed by atoms with Gasteiger partial charge in [-0.05, 0) is 33.3 Å². The summed E-state index contributed by atoms with van der Waals surface area (Å²) in [4.78, 5) is 17.0. The summed E-state index contributed by atoms with van der Waals surface area (Å²) in [5.74, 6) is 0.808. The summed E-state index contributed by atoms with van der Waals surface area (Å²) < 4.78 is 5.42. The van der Waals surface area contributed by atoms with E-state index in [1.54, 1.807) is 11.9 Å². The molecule has 4 nitrogen and oxygen atoms in total. The molecule has 0 saturated heterocycles. The molecule has 0 radical (unpaired) electrons. The fourth-order valence-corrected chi connectivity index (χ4v) is 2.25. The molecule has 0 saturated carbocycles. The van der Waals surface area contributed by atoms with Crippen LogP contribution in [-0.4, -0.2) is 23.7 Å². The Hall–Kier alpha value is -1.97. The smallest absolute Gasteiger partial charge is 0.415 e. The van der Waals surface area contributed by atoms with E-state index in [1.165, 1.54) is 0 Å². The molecule has 1 amide bonds. The van der Waals surface area contributed by atoms with Crippen molar-refractivity contribution < 1.29 is 9.53 Å². The van der Waals surface area contributed by atoms with Crippen molar-refractivity contribution in [2.45, 2.75) is 39.7 Å². The lowest BCUT2D eigenvalue weighted by atomic mass is 10.1. The molecule has 2 aromatic rings. The molecule has 0 aliphatic heterocycles. The summed E-state index contributed by atoms with van der Waals surface area (Å²) in [6.45, 7) is 7.68. The number of amides is 1. The van der Waals surface area contributed by atoms with Gasteiger partial charge in [-0.1, -0.05) is 25.1 Å². The molecule has 1 heterocycles. The van der Waals surface area contributed by atoms with E-state index in [0.717, 1.165) is 28.7 Å². The van der Waals surface area contributed by atoms with E-state index in [4.69, 9.17) is 4.74 Å². The maximum atomic E-state index is 12.2. The molecule has 1 aromatic carbocycles. The Labute approximate surface area is 119 Å². The Morgan fingerprint density at radius 1 is 1.30 bits per heavy atom. The third-order valence-electron chi connectivity index (χ3n) is 3.15. The average Bonchev–Trinajstić information content (AvgIpc) is 2.74. The van der Waals surface area contributed by atoms with Gasteiger partial charge in [-0.2, -0.15) is 0 Å². The molecule has 1 N–H and O–H groups in total. The Morgan fingerprint density at radius 3 is 2.55 bits per heavy atom. The standard InChI is InChI=1S/C16H22N2O2/c1-6-11-12-9-7-8-10-13(12)17-14(11)18(5)15(19)20-16(2,3)4/h7-10,17H,6H2,1-5H3. The van der Waals surface area contributed by atoms with Crippen LogP contribution in [0.3, 0.4) is 0 Å². The number of rotatable bonds is 2. The number of carbonyl (C=O) groups is 1. The van der Waals surface area contributed by atoms with Gasteiger partial charge < -0.3 is 9.72 Å². The van der Waals surface area contributed by atoms with Crippen molar-refractivity contribution in [2.24, 2.45) is 0 Å². The van der Waals surface area contributed by atoms with Gasteiger partial charge in [-0.25, -0.2) is 4.79 Å². The molecule has 20 heavy (non-hydrogen) atoms. The molecule has 4 heteroatoms. The maximum Gasteiger partial charge on any atom is 0.415 e. The monoisotopic (exact) mass is 274 g/mol. The van der Waals surface area contributed by atoms with Crippen LogP contribution in [0.4, 0.5) is 10.6 Å². The number of aromatic nitrogens is 1. The lowest BCUT2D eigenvalue weighted by Gasteiger charge is -2.24. The number of carbonyl (C=O) groups excluding carboxylic acids is 1. The quantitative estimate of drug-likeness (QED) is 0.896. The summed E-state index contributed by atoms with van der Waals surface area (Å²) in [5, 5.41) is 1.15. The number of para-hydroxylation sites is 1. The minimum absolute atomic E-state index is 0.348. The van der Waals surface area contributed by atoms with Crippen molar-refractivity contribution >= 4 is 22.8 Å². The van der Waals surface area contributed by atoms with Gasteiger partial charge in [0.1, 0.15) is 11.4 Å². The van der Waals surface area contributed by atoms with E-state index < -0.39 is 5.60 Å². The number of anilines is 1. The first-order valence-corrected chi connectivity index (χ1v) is 6.89. The third kappa shape index (κ3) is 2.79. The van der Waals surface area contributed by atoms with Gasteiger partial charge in [0.05, 0.1) is 0 Å². The second kappa shape index (κ2) is 5.19. The number of ether oxygens (including phenoxy) is 1. The largest absolute Gasteiger partial charge is 0.443 e. The molecule has 0 spiro atoms. The van der Waals surface area contributed by atoms with Crippen LogP contribution >= 0.6 is 0 Å². The van der Waals surface area contributed by atoms with Crippen molar-refractivity contribution in [2.75, 3.05) is 11.9 Å². The van der Waals surface area contributed by atoms with Crippen molar-refractivity contribution in [1.29, 1.82) is 0 Å². The first-order chi connectivity index (χ1) is 9.33.